The standard InChI is InChI=1S/C14H24N4O3S2/c1-2-3-15-4-5-16-14(19)13-10-12(11-17-13)23(20,21)18-6-8-22-9-7-18/h10-11,15,17H,2-9H2,1H3,(H,16,19). The molecule has 0 aromatic carbocycles. The second kappa shape index (κ2) is 8.72. The van der Waals surface area contributed by atoms with Crippen molar-refractivity contribution in [1.82, 2.24) is 19.9 Å². The maximum Gasteiger partial charge on any atom is 0.267 e. The van der Waals surface area contributed by atoms with Crippen LogP contribution in [0.3, 0.4) is 0 Å². The van der Waals surface area contributed by atoms with Gasteiger partial charge in [-0.15, -0.1) is 0 Å². The lowest BCUT2D eigenvalue weighted by Crippen LogP contribution is -2.37. The van der Waals surface area contributed by atoms with Crippen molar-refractivity contribution in [3.8, 4) is 0 Å². The third-order valence-electron chi connectivity index (χ3n) is 3.52. The summed E-state index contributed by atoms with van der Waals surface area (Å²) >= 11 is 1.75. The third kappa shape index (κ3) is 4.97. The SMILES string of the molecule is CCCNCCNC(=O)c1cc(S(=O)(=O)N2CCSCC2)c[nH]1. The van der Waals surface area contributed by atoms with Crippen LogP contribution in [0.25, 0.3) is 0 Å². The third-order valence-corrected chi connectivity index (χ3v) is 6.34. The van der Waals surface area contributed by atoms with E-state index in [2.05, 4.69) is 22.5 Å². The molecule has 1 fully saturated rings. The van der Waals surface area contributed by atoms with Crippen molar-refractivity contribution in [1.29, 1.82) is 0 Å². The number of hydrogen-bond donors (Lipinski definition) is 3. The molecule has 0 atom stereocenters. The number of nitrogens with one attached hydrogen (secondary N) is 3. The minimum Gasteiger partial charge on any atom is -0.356 e. The van der Waals surface area contributed by atoms with E-state index in [9.17, 15) is 13.2 Å². The first-order chi connectivity index (χ1) is 11.1. The van der Waals surface area contributed by atoms with Crippen LogP contribution < -0.4 is 10.6 Å². The quantitative estimate of drug-likeness (QED) is 0.586. The van der Waals surface area contributed by atoms with Gasteiger partial charge in [0.1, 0.15) is 10.6 Å². The number of aromatic amines is 1. The second-order valence-corrected chi connectivity index (χ2v) is 8.43. The smallest absolute Gasteiger partial charge is 0.267 e. The van der Waals surface area contributed by atoms with Crippen molar-refractivity contribution in [2.24, 2.45) is 0 Å². The lowest BCUT2D eigenvalue weighted by Gasteiger charge is -2.24. The van der Waals surface area contributed by atoms with E-state index in [1.165, 1.54) is 16.6 Å². The first-order valence-electron chi connectivity index (χ1n) is 7.81. The molecule has 1 saturated heterocycles. The molecular formula is C14H24N4O3S2. The highest BCUT2D eigenvalue weighted by atomic mass is 32.2. The average Bonchev–Trinajstić information content (AvgIpc) is 3.06. The van der Waals surface area contributed by atoms with E-state index in [0.29, 0.717) is 26.2 Å². The summed E-state index contributed by atoms with van der Waals surface area (Å²) in [4.78, 5) is 14.9. The number of carbonyl (C=O) groups is 1. The molecule has 0 bridgehead atoms. The zero-order valence-corrected chi connectivity index (χ0v) is 14.9. The van der Waals surface area contributed by atoms with Gasteiger partial charge in [0, 0.05) is 43.9 Å². The molecule has 1 aromatic rings. The topological polar surface area (TPSA) is 94.3 Å². The van der Waals surface area contributed by atoms with E-state index in [1.54, 1.807) is 11.8 Å². The number of aromatic nitrogens is 1. The van der Waals surface area contributed by atoms with E-state index in [4.69, 9.17) is 0 Å². The predicted molar refractivity (Wildman–Crippen MR) is 92.4 cm³/mol. The van der Waals surface area contributed by atoms with Gasteiger partial charge in [-0.25, -0.2) is 8.42 Å². The number of nitrogens with zero attached hydrogens (tertiary/aromatic N) is 1. The molecule has 2 heterocycles. The van der Waals surface area contributed by atoms with Crippen molar-refractivity contribution in [3.63, 3.8) is 0 Å². The van der Waals surface area contributed by atoms with Gasteiger partial charge >= 0.3 is 0 Å². The number of rotatable bonds is 8. The largest absolute Gasteiger partial charge is 0.356 e. The van der Waals surface area contributed by atoms with Crippen LogP contribution in [0, 0.1) is 0 Å². The molecule has 0 aliphatic carbocycles. The van der Waals surface area contributed by atoms with Crippen LogP contribution in [0.5, 0.6) is 0 Å². The van der Waals surface area contributed by atoms with Gasteiger partial charge in [-0.3, -0.25) is 4.79 Å². The van der Waals surface area contributed by atoms with Crippen molar-refractivity contribution >= 4 is 27.7 Å². The molecular weight excluding hydrogens is 336 g/mol. The average molecular weight is 361 g/mol. The maximum absolute atomic E-state index is 12.5. The highest BCUT2D eigenvalue weighted by Crippen LogP contribution is 2.20. The minimum absolute atomic E-state index is 0.152. The fraction of sp³-hybridized carbons (Fsp3) is 0.643. The normalized spacial score (nSPS) is 16.4. The molecule has 130 valence electrons. The van der Waals surface area contributed by atoms with E-state index < -0.39 is 10.0 Å². The van der Waals surface area contributed by atoms with Gasteiger partial charge in [0.05, 0.1) is 0 Å². The summed E-state index contributed by atoms with van der Waals surface area (Å²) in [7, 11) is -3.51. The number of carbonyl (C=O) groups excluding carboxylic acids is 1. The molecule has 9 heteroatoms. The van der Waals surface area contributed by atoms with Gasteiger partial charge in [-0.2, -0.15) is 16.1 Å². The Morgan fingerprint density at radius 3 is 2.74 bits per heavy atom. The Kier molecular flexibility index (Phi) is 6.94. The summed E-state index contributed by atoms with van der Waals surface area (Å²) in [6, 6.07) is 1.41. The summed E-state index contributed by atoms with van der Waals surface area (Å²) in [6.45, 7) is 5.22. The zero-order valence-electron chi connectivity index (χ0n) is 13.3. The number of H-pyrrole nitrogens is 1. The van der Waals surface area contributed by atoms with Crippen molar-refractivity contribution in [2.45, 2.75) is 18.2 Å². The van der Waals surface area contributed by atoms with Crippen LogP contribution in [0.2, 0.25) is 0 Å². The zero-order chi connectivity index (χ0) is 16.7. The maximum atomic E-state index is 12.5. The van der Waals surface area contributed by atoms with Gasteiger partial charge in [0.25, 0.3) is 5.91 Å². The molecule has 3 N–H and O–H groups in total. The van der Waals surface area contributed by atoms with Crippen LogP contribution in [-0.4, -0.2) is 67.8 Å². The highest BCUT2D eigenvalue weighted by Gasteiger charge is 2.27. The Hall–Kier alpha value is -1.03. The van der Waals surface area contributed by atoms with Crippen LogP contribution >= 0.6 is 11.8 Å². The molecule has 7 nitrogen and oxygen atoms in total. The van der Waals surface area contributed by atoms with Crippen LogP contribution in [-0.2, 0) is 10.0 Å². The van der Waals surface area contributed by atoms with Crippen molar-refractivity contribution in [3.05, 3.63) is 18.0 Å². The summed E-state index contributed by atoms with van der Waals surface area (Å²) in [6.07, 6.45) is 2.43. The number of sulfonamides is 1. The Labute approximate surface area is 141 Å². The molecule has 1 aromatic heterocycles. The predicted octanol–water partition coefficient (Wildman–Crippen LogP) is 0.482. The Morgan fingerprint density at radius 1 is 1.30 bits per heavy atom. The molecule has 23 heavy (non-hydrogen) atoms. The van der Waals surface area contributed by atoms with Gasteiger partial charge < -0.3 is 15.6 Å². The summed E-state index contributed by atoms with van der Waals surface area (Å²) in [5, 5.41) is 5.94. The molecule has 0 spiro atoms. The fourth-order valence-corrected chi connectivity index (χ4v) is 4.82. The summed E-state index contributed by atoms with van der Waals surface area (Å²) < 4.78 is 26.5. The molecule has 0 unspecified atom stereocenters. The molecule has 1 aliphatic heterocycles. The minimum atomic E-state index is -3.51. The van der Waals surface area contributed by atoms with Gasteiger partial charge in [0.15, 0.2) is 0 Å². The first-order valence-corrected chi connectivity index (χ1v) is 10.4. The lowest BCUT2D eigenvalue weighted by atomic mass is 10.4. The van der Waals surface area contributed by atoms with Crippen LogP contribution in [0.4, 0.5) is 0 Å². The fourth-order valence-electron chi connectivity index (χ4n) is 2.25. The van der Waals surface area contributed by atoms with Gasteiger partial charge in [0.2, 0.25) is 10.0 Å². The number of hydrogen-bond acceptors (Lipinski definition) is 5. The second-order valence-electron chi connectivity index (χ2n) is 5.27. The van der Waals surface area contributed by atoms with E-state index >= 15 is 0 Å². The molecule has 1 amide bonds. The molecule has 1 aliphatic rings. The van der Waals surface area contributed by atoms with E-state index in [0.717, 1.165) is 24.5 Å². The highest BCUT2D eigenvalue weighted by molar-refractivity contribution is 7.99. The Balaban J connectivity index is 1.92. The van der Waals surface area contributed by atoms with Crippen LogP contribution in [0.15, 0.2) is 17.2 Å². The van der Waals surface area contributed by atoms with E-state index in [-0.39, 0.29) is 16.5 Å². The molecule has 2 rings (SSSR count). The summed E-state index contributed by atoms with van der Waals surface area (Å²) in [5.41, 5.74) is 0.269. The number of thioether (sulfide) groups is 1. The molecule has 0 saturated carbocycles. The number of amides is 1. The van der Waals surface area contributed by atoms with Gasteiger partial charge in [-0.05, 0) is 19.0 Å². The monoisotopic (exact) mass is 360 g/mol. The van der Waals surface area contributed by atoms with Crippen LogP contribution in [0.1, 0.15) is 23.8 Å². The van der Waals surface area contributed by atoms with Gasteiger partial charge in [-0.1, -0.05) is 6.92 Å². The lowest BCUT2D eigenvalue weighted by molar-refractivity contribution is 0.0949. The Bertz CT molecular complexity index is 609. The Morgan fingerprint density at radius 2 is 2.04 bits per heavy atom. The van der Waals surface area contributed by atoms with E-state index in [1.807, 2.05) is 0 Å². The molecule has 0 radical (unpaired) electrons. The first kappa shape index (κ1) is 18.3. The van der Waals surface area contributed by atoms with Crippen molar-refractivity contribution in [2.75, 3.05) is 44.2 Å². The van der Waals surface area contributed by atoms with Crippen molar-refractivity contribution < 1.29 is 13.2 Å². The summed E-state index contributed by atoms with van der Waals surface area (Å²) in [5.74, 6) is 1.32.